The molecule has 0 fully saturated rings. The van der Waals surface area contributed by atoms with Gasteiger partial charge in [0, 0.05) is 12.8 Å². The van der Waals surface area contributed by atoms with Crippen LogP contribution in [0.3, 0.4) is 0 Å². The maximum absolute atomic E-state index is 12.9. The normalized spacial score (nSPS) is 13.5. The molecule has 0 spiro atoms. The topological polar surface area (TPSA) is 111 Å². The number of quaternary nitrogens is 1. The molecule has 0 aliphatic carbocycles. The lowest BCUT2D eigenvalue weighted by Gasteiger charge is -2.28. The molecule has 0 aromatic rings. The molecule has 2 unspecified atom stereocenters. The van der Waals surface area contributed by atoms with Crippen molar-refractivity contribution in [3.63, 3.8) is 0 Å². The molecule has 0 aromatic heterocycles. The average molecular weight is 1190 g/mol. The van der Waals surface area contributed by atoms with E-state index in [-0.39, 0.29) is 32.0 Å². The van der Waals surface area contributed by atoms with E-state index in [4.69, 9.17) is 18.5 Å². The first-order chi connectivity index (χ1) is 40.5. The van der Waals surface area contributed by atoms with Crippen LogP contribution >= 0.6 is 7.82 Å². The van der Waals surface area contributed by atoms with Crippen LogP contribution < -0.4 is 4.89 Å². The molecule has 0 N–H and O–H groups in total. The van der Waals surface area contributed by atoms with E-state index >= 15 is 0 Å². The van der Waals surface area contributed by atoms with Crippen LogP contribution in [-0.4, -0.2) is 70.0 Å². The summed E-state index contributed by atoms with van der Waals surface area (Å²) < 4.78 is 34.3. The highest BCUT2D eigenvalue weighted by molar-refractivity contribution is 7.45. The molecule has 9 nitrogen and oxygen atoms in total. The number of carbonyl (C=O) groups is 2. The van der Waals surface area contributed by atoms with E-state index in [9.17, 15) is 19.0 Å². The predicted octanol–water partition coefficient (Wildman–Crippen LogP) is 22.4. The lowest BCUT2D eigenvalue weighted by Crippen LogP contribution is -2.37. The van der Waals surface area contributed by atoms with E-state index in [0.29, 0.717) is 17.4 Å². The molecule has 486 valence electrons. The minimum Gasteiger partial charge on any atom is -0.756 e. The number of hydrogen-bond acceptors (Lipinski definition) is 8. The first-order valence-corrected chi connectivity index (χ1v) is 37.0. The minimum atomic E-state index is -4.64. The molecule has 10 heteroatoms. The second-order valence-corrected chi connectivity index (χ2v) is 26.6. The third-order valence-corrected chi connectivity index (χ3v) is 16.8. The molecule has 0 saturated carbocycles. The molecule has 0 heterocycles. The molecule has 0 aliphatic rings. The van der Waals surface area contributed by atoms with Crippen LogP contribution in [0.25, 0.3) is 0 Å². The number of hydrogen-bond donors (Lipinski definition) is 0. The highest BCUT2D eigenvalue weighted by Gasteiger charge is 2.22. The van der Waals surface area contributed by atoms with E-state index in [1.807, 2.05) is 21.1 Å². The fourth-order valence-corrected chi connectivity index (χ4v) is 11.1. The zero-order chi connectivity index (χ0) is 60.5. The van der Waals surface area contributed by atoms with Crippen LogP contribution in [-0.2, 0) is 32.7 Å². The fourth-order valence-electron chi connectivity index (χ4n) is 10.4. The number of likely N-dealkylation sites (N-methyl/N-ethyl adjacent to an activating group) is 1. The molecule has 83 heavy (non-hydrogen) atoms. The van der Waals surface area contributed by atoms with Gasteiger partial charge in [-0.1, -0.05) is 331 Å². The summed E-state index contributed by atoms with van der Waals surface area (Å²) in [6, 6.07) is 0. The van der Waals surface area contributed by atoms with Gasteiger partial charge >= 0.3 is 11.9 Å². The van der Waals surface area contributed by atoms with Gasteiger partial charge in [0.05, 0.1) is 27.7 Å². The number of unbranched alkanes of at least 4 members (excludes halogenated alkanes) is 42. The summed E-state index contributed by atoms with van der Waals surface area (Å²) in [6.07, 6.45) is 84.5. The Bertz CT molecular complexity index is 1580. The molecule has 0 radical (unpaired) electrons. The van der Waals surface area contributed by atoms with Crippen LogP contribution in [0.4, 0.5) is 0 Å². The van der Waals surface area contributed by atoms with Gasteiger partial charge in [0.25, 0.3) is 7.82 Å². The Hall–Kier alpha value is -2.29. The Morgan fingerprint density at radius 1 is 0.386 bits per heavy atom. The van der Waals surface area contributed by atoms with E-state index in [1.165, 1.54) is 238 Å². The number of phosphoric ester groups is 1. The van der Waals surface area contributed by atoms with E-state index in [0.717, 1.165) is 70.6 Å². The van der Waals surface area contributed by atoms with Crippen LogP contribution in [0.1, 0.15) is 341 Å². The van der Waals surface area contributed by atoms with Crippen molar-refractivity contribution < 1.29 is 42.1 Å². The molecular formula is C73H136NO8P. The largest absolute Gasteiger partial charge is 0.756 e. The van der Waals surface area contributed by atoms with Gasteiger partial charge in [-0.15, -0.1) is 0 Å². The molecule has 0 bridgehead atoms. The number of nitrogens with zero attached hydrogens (tertiary/aromatic N) is 1. The van der Waals surface area contributed by atoms with Gasteiger partial charge in [-0.25, -0.2) is 0 Å². The van der Waals surface area contributed by atoms with Crippen molar-refractivity contribution >= 4 is 19.8 Å². The van der Waals surface area contributed by atoms with Crippen molar-refractivity contribution in [2.75, 3.05) is 47.5 Å². The Balaban J connectivity index is 4.01. The standard InChI is InChI=1S/C73H136NO8P/c1-6-8-10-12-14-16-18-20-22-24-26-28-30-32-34-36-37-38-40-42-44-46-48-50-52-54-56-58-60-62-64-66-73(76)82-71(70-81-83(77,78)80-68-67-74(3,4)5)69-79-72(75)65-63-61-59-57-55-53-51-49-47-45-43-41-39-35-33-31-29-27-25-23-21-19-17-15-13-11-9-7-2/h8,10,14,16,20,22,26,28,32,34,71H,6-7,9,11-13,15,17-19,21,23-25,27,29-31,33,35-70H2,1-5H3/b10-8-,16-14-,22-20-,28-26-,34-32-. The highest BCUT2D eigenvalue weighted by Crippen LogP contribution is 2.38. The summed E-state index contributed by atoms with van der Waals surface area (Å²) in [5.41, 5.74) is 0. The van der Waals surface area contributed by atoms with Crippen LogP contribution in [0, 0.1) is 0 Å². The van der Waals surface area contributed by atoms with Crippen molar-refractivity contribution in [3.05, 3.63) is 60.8 Å². The van der Waals surface area contributed by atoms with Gasteiger partial charge in [0.2, 0.25) is 0 Å². The first kappa shape index (κ1) is 80.7. The Labute approximate surface area is 515 Å². The summed E-state index contributed by atoms with van der Waals surface area (Å²) in [4.78, 5) is 38.1. The molecule has 0 saturated heterocycles. The number of carbonyl (C=O) groups excluding carboxylic acids is 2. The quantitative estimate of drug-likeness (QED) is 0.0195. The first-order valence-electron chi connectivity index (χ1n) is 35.5. The van der Waals surface area contributed by atoms with Crippen molar-refractivity contribution in [2.24, 2.45) is 0 Å². The number of allylic oxidation sites excluding steroid dienone is 10. The molecule has 0 aliphatic heterocycles. The number of ether oxygens (including phenoxy) is 2. The van der Waals surface area contributed by atoms with Gasteiger partial charge in [-0.05, 0) is 57.8 Å². The van der Waals surface area contributed by atoms with Crippen LogP contribution in [0.15, 0.2) is 60.8 Å². The summed E-state index contributed by atoms with van der Waals surface area (Å²) >= 11 is 0. The zero-order valence-electron chi connectivity index (χ0n) is 55.4. The number of esters is 2. The third-order valence-electron chi connectivity index (χ3n) is 15.8. The van der Waals surface area contributed by atoms with E-state index < -0.39 is 26.5 Å². The molecule has 2 atom stereocenters. The van der Waals surface area contributed by atoms with E-state index in [2.05, 4.69) is 74.6 Å². The fraction of sp³-hybridized carbons (Fsp3) is 0.836. The molecule has 0 rings (SSSR count). The number of phosphoric acid groups is 1. The SMILES string of the molecule is CC/C=C\C/C=C\C/C=C\C/C=C\C/C=C\CCCCCCCCCCCCCCCCCC(=O)OC(COC(=O)CCCCCCCCCCCCCCCCCCCCCCCCCCCCCC)COP(=O)([O-])OCC[N+](C)(C)C. The monoisotopic (exact) mass is 1190 g/mol. The Morgan fingerprint density at radius 2 is 0.687 bits per heavy atom. The maximum Gasteiger partial charge on any atom is 0.306 e. The van der Waals surface area contributed by atoms with Crippen molar-refractivity contribution in [1.82, 2.24) is 0 Å². The molecular weight excluding hydrogens is 1050 g/mol. The van der Waals surface area contributed by atoms with Crippen molar-refractivity contribution in [3.8, 4) is 0 Å². The highest BCUT2D eigenvalue weighted by atomic mass is 31.2. The predicted molar refractivity (Wildman–Crippen MR) is 356 cm³/mol. The third kappa shape index (κ3) is 68.7. The van der Waals surface area contributed by atoms with Crippen LogP contribution in [0.2, 0.25) is 0 Å². The Morgan fingerprint density at radius 3 is 1.02 bits per heavy atom. The molecule has 0 aromatic carbocycles. The second kappa shape index (κ2) is 64.2. The second-order valence-electron chi connectivity index (χ2n) is 25.2. The van der Waals surface area contributed by atoms with Gasteiger partial charge in [0.1, 0.15) is 19.8 Å². The zero-order valence-corrected chi connectivity index (χ0v) is 56.3. The summed E-state index contributed by atoms with van der Waals surface area (Å²) in [6.45, 7) is 4.19. The molecule has 0 amide bonds. The number of rotatable bonds is 66. The van der Waals surface area contributed by atoms with Crippen molar-refractivity contribution in [1.29, 1.82) is 0 Å². The van der Waals surface area contributed by atoms with Gasteiger partial charge < -0.3 is 27.9 Å². The maximum atomic E-state index is 12.9. The van der Waals surface area contributed by atoms with Gasteiger partial charge in [0.15, 0.2) is 6.10 Å². The smallest absolute Gasteiger partial charge is 0.306 e. The summed E-state index contributed by atoms with van der Waals surface area (Å²) in [5.74, 6) is -0.816. The van der Waals surface area contributed by atoms with Gasteiger partial charge in [-0.2, -0.15) is 0 Å². The summed E-state index contributed by atoms with van der Waals surface area (Å²) in [7, 11) is 1.18. The van der Waals surface area contributed by atoms with Gasteiger partial charge in [-0.3, -0.25) is 14.2 Å². The average Bonchev–Trinajstić information content (AvgIpc) is 3.49. The Kier molecular flexibility index (Phi) is 62.4. The minimum absolute atomic E-state index is 0.0297. The summed E-state index contributed by atoms with van der Waals surface area (Å²) in [5, 5.41) is 0. The lowest BCUT2D eigenvalue weighted by atomic mass is 10.0. The van der Waals surface area contributed by atoms with Crippen LogP contribution in [0.5, 0.6) is 0 Å². The lowest BCUT2D eigenvalue weighted by molar-refractivity contribution is -0.870. The van der Waals surface area contributed by atoms with E-state index in [1.54, 1.807) is 0 Å². The van der Waals surface area contributed by atoms with Crippen molar-refractivity contribution in [2.45, 2.75) is 347 Å².